The normalized spacial score (nSPS) is 17.6. The Morgan fingerprint density at radius 3 is 2.45 bits per heavy atom. The van der Waals surface area contributed by atoms with Crippen LogP contribution < -0.4 is 0 Å². The Balaban J connectivity index is 1.76. The molecule has 2 heteroatoms. The number of hydrogen-bond acceptors (Lipinski definition) is 1. The van der Waals surface area contributed by atoms with Gasteiger partial charge in [-0.3, -0.25) is 4.79 Å². The molecule has 2 aromatic rings. The van der Waals surface area contributed by atoms with Gasteiger partial charge < -0.3 is 4.90 Å². The lowest BCUT2D eigenvalue weighted by atomic mass is 9.94. The first-order chi connectivity index (χ1) is 9.74. The number of rotatable bonds is 2. The second kappa shape index (κ2) is 5.49. The third-order valence-corrected chi connectivity index (χ3v) is 4.02. The standard InChI is InChI=1S/C18H19NO/c1-14-11-16-9-5-6-10-17(16)13-19(14)18(20)12-15-7-3-2-4-8-15/h2-10,14H,11-13H2,1H3. The van der Waals surface area contributed by atoms with Crippen LogP contribution in [0.5, 0.6) is 0 Å². The summed E-state index contributed by atoms with van der Waals surface area (Å²) >= 11 is 0. The second-order valence-corrected chi connectivity index (χ2v) is 5.51. The van der Waals surface area contributed by atoms with Crippen LogP contribution in [0.3, 0.4) is 0 Å². The summed E-state index contributed by atoms with van der Waals surface area (Å²) in [6, 6.07) is 18.7. The Morgan fingerprint density at radius 2 is 1.70 bits per heavy atom. The average molecular weight is 265 g/mol. The van der Waals surface area contributed by atoms with Crippen molar-refractivity contribution in [3.05, 3.63) is 71.3 Å². The van der Waals surface area contributed by atoms with Gasteiger partial charge in [0.05, 0.1) is 6.42 Å². The summed E-state index contributed by atoms with van der Waals surface area (Å²) in [5, 5.41) is 0. The lowest BCUT2D eigenvalue weighted by Crippen LogP contribution is -2.43. The molecule has 2 aromatic carbocycles. The highest BCUT2D eigenvalue weighted by Gasteiger charge is 2.26. The van der Waals surface area contributed by atoms with Crippen molar-refractivity contribution in [2.75, 3.05) is 0 Å². The summed E-state index contributed by atoms with van der Waals surface area (Å²) in [4.78, 5) is 14.5. The van der Waals surface area contributed by atoms with Crippen LogP contribution in [0.25, 0.3) is 0 Å². The first-order valence-electron chi connectivity index (χ1n) is 7.14. The maximum atomic E-state index is 12.5. The smallest absolute Gasteiger partial charge is 0.227 e. The summed E-state index contributed by atoms with van der Waals surface area (Å²) in [5.41, 5.74) is 3.75. The summed E-state index contributed by atoms with van der Waals surface area (Å²) in [5.74, 6) is 0.221. The lowest BCUT2D eigenvalue weighted by molar-refractivity contribution is -0.133. The van der Waals surface area contributed by atoms with Gasteiger partial charge in [-0.15, -0.1) is 0 Å². The molecule has 1 aliphatic rings. The van der Waals surface area contributed by atoms with Crippen molar-refractivity contribution in [1.29, 1.82) is 0 Å². The van der Waals surface area contributed by atoms with Gasteiger partial charge in [0.1, 0.15) is 0 Å². The van der Waals surface area contributed by atoms with Gasteiger partial charge in [0, 0.05) is 12.6 Å². The molecule has 0 fully saturated rings. The number of fused-ring (bicyclic) bond motifs is 1. The van der Waals surface area contributed by atoms with Gasteiger partial charge >= 0.3 is 0 Å². The Morgan fingerprint density at radius 1 is 1.05 bits per heavy atom. The zero-order chi connectivity index (χ0) is 13.9. The van der Waals surface area contributed by atoms with Crippen molar-refractivity contribution in [3.8, 4) is 0 Å². The SMILES string of the molecule is CC1Cc2ccccc2CN1C(=O)Cc1ccccc1. The topological polar surface area (TPSA) is 20.3 Å². The number of benzene rings is 2. The van der Waals surface area contributed by atoms with Crippen LogP contribution >= 0.6 is 0 Å². The monoisotopic (exact) mass is 265 g/mol. The van der Waals surface area contributed by atoms with E-state index in [2.05, 4.69) is 31.2 Å². The van der Waals surface area contributed by atoms with Crippen molar-refractivity contribution < 1.29 is 4.79 Å². The maximum Gasteiger partial charge on any atom is 0.227 e. The minimum Gasteiger partial charge on any atom is -0.335 e. The van der Waals surface area contributed by atoms with Crippen molar-refractivity contribution in [1.82, 2.24) is 4.90 Å². The molecule has 102 valence electrons. The van der Waals surface area contributed by atoms with Gasteiger partial charge in [0.15, 0.2) is 0 Å². The Labute approximate surface area is 120 Å². The number of amides is 1. The minimum absolute atomic E-state index is 0.221. The molecule has 1 heterocycles. The van der Waals surface area contributed by atoms with Crippen LogP contribution in [-0.2, 0) is 24.2 Å². The van der Waals surface area contributed by atoms with Gasteiger partial charge in [-0.25, -0.2) is 0 Å². The van der Waals surface area contributed by atoms with Gasteiger partial charge in [-0.05, 0) is 30.0 Å². The van der Waals surface area contributed by atoms with Crippen molar-refractivity contribution in [2.45, 2.75) is 32.4 Å². The van der Waals surface area contributed by atoms with Crippen molar-refractivity contribution in [2.24, 2.45) is 0 Å². The highest BCUT2D eigenvalue weighted by atomic mass is 16.2. The molecule has 0 bridgehead atoms. The van der Waals surface area contributed by atoms with E-state index in [4.69, 9.17) is 0 Å². The average Bonchev–Trinajstić information content (AvgIpc) is 2.47. The van der Waals surface area contributed by atoms with Gasteiger partial charge in [0.2, 0.25) is 5.91 Å². The zero-order valence-electron chi connectivity index (χ0n) is 11.8. The van der Waals surface area contributed by atoms with Crippen LogP contribution in [0, 0.1) is 0 Å². The van der Waals surface area contributed by atoms with Gasteiger partial charge in [-0.1, -0.05) is 54.6 Å². The molecule has 0 radical (unpaired) electrons. The second-order valence-electron chi connectivity index (χ2n) is 5.51. The summed E-state index contributed by atoms with van der Waals surface area (Å²) in [6.45, 7) is 2.88. The minimum atomic E-state index is 0.221. The zero-order valence-corrected chi connectivity index (χ0v) is 11.8. The fourth-order valence-corrected chi connectivity index (χ4v) is 2.88. The van der Waals surface area contributed by atoms with Crippen LogP contribution in [0.1, 0.15) is 23.6 Å². The van der Waals surface area contributed by atoms with Crippen LogP contribution in [0.2, 0.25) is 0 Å². The molecule has 1 atom stereocenters. The van der Waals surface area contributed by atoms with Gasteiger partial charge in [-0.2, -0.15) is 0 Å². The third-order valence-electron chi connectivity index (χ3n) is 4.02. The quantitative estimate of drug-likeness (QED) is 0.816. The molecule has 0 saturated heterocycles. The van der Waals surface area contributed by atoms with E-state index < -0.39 is 0 Å². The Hall–Kier alpha value is -2.09. The first-order valence-corrected chi connectivity index (χ1v) is 7.14. The van der Waals surface area contributed by atoms with Gasteiger partial charge in [0.25, 0.3) is 0 Å². The molecule has 1 unspecified atom stereocenters. The number of carbonyl (C=O) groups is 1. The highest BCUT2D eigenvalue weighted by molar-refractivity contribution is 5.79. The van der Waals surface area contributed by atoms with Crippen LogP contribution in [0.15, 0.2) is 54.6 Å². The van der Waals surface area contributed by atoms with Crippen LogP contribution in [0.4, 0.5) is 0 Å². The van der Waals surface area contributed by atoms with E-state index in [0.717, 1.165) is 18.5 Å². The van der Waals surface area contributed by atoms with Crippen molar-refractivity contribution >= 4 is 5.91 Å². The fraction of sp³-hybridized carbons (Fsp3) is 0.278. The first kappa shape index (κ1) is 12.9. The molecular formula is C18H19NO. The van der Waals surface area contributed by atoms with E-state index in [0.29, 0.717) is 6.42 Å². The summed E-state index contributed by atoms with van der Waals surface area (Å²) in [6.07, 6.45) is 1.45. The Kier molecular flexibility index (Phi) is 3.55. The molecule has 1 amide bonds. The molecule has 0 N–H and O–H groups in total. The van der Waals surface area contributed by atoms with E-state index in [1.807, 2.05) is 35.2 Å². The molecule has 0 aliphatic carbocycles. The maximum absolute atomic E-state index is 12.5. The lowest BCUT2D eigenvalue weighted by Gasteiger charge is -2.35. The summed E-state index contributed by atoms with van der Waals surface area (Å²) in [7, 11) is 0. The number of carbonyl (C=O) groups excluding carboxylic acids is 1. The Bertz CT molecular complexity index is 606. The fourth-order valence-electron chi connectivity index (χ4n) is 2.88. The molecule has 0 saturated carbocycles. The molecule has 3 rings (SSSR count). The van der Waals surface area contributed by atoms with E-state index in [9.17, 15) is 4.79 Å². The third kappa shape index (κ3) is 2.60. The predicted molar refractivity (Wildman–Crippen MR) is 80.3 cm³/mol. The van der Waals surface area contributed by atoms with Crippen molar-refractivity contribution in [3.63, 3.8) is 0 Å². The van der Waals surface area contributed by atoms with E-state index >= 15 is 0 Å². The highest BCUT2D eigenvalue weighted by Crippen LogP contribution is 2.23. The molecule has 20 heavy (non-hydrogen) atoms. The van der Waals surface area contributed by atoms with Crippen LogP contribution in [-0.4, -0.2) is 16.8 Å². The van der Waals surface area contributed by atoms with E-state index in [1.165, 1.54) is 11.1 Å². The van der Waals surface area contributed by atoms with E-state index in [1.54, 1.807) is 0 Å². The molecule has 0 aromatic heterocycles. The number of hydrogen-bond donors (Lipinski definition) is 0. The largest absolute Gasteiger partial charge is 0.335 e. The molecule has 1 aliphatic heterocycles. The molecular weight excluding hydrogens is 246 g/mol. The molecule has 0 spiro atoms. The van der Waals surface area contributed by atoms with E-state index in [-0.39, 0.29) is 11.9 Å². The predicted octanol–water partition coefficient (Wildman–Crippen LogP) is 3.20. The summed E-state index contributed by atoms with van der Waals surface area (Å²) < 4.78 is 0. The molecule has 2 nitrogen and oxygen atoms in total. The number of nitrogens with zero attached hydrogens (tertiary/aromatic N) is 1.